The Kier molecular flexibility index (Phi) is 5.50. The smallest absolute Gasteiger partial charge is 0.127 e. The molecule has 4 nitrogen and oxygen atoms in total. The van der Waals surface area contributed by atoms with Gasteiger partial charge in [0.2, 0.25) is 0 Å². The van der Waals surface area contributed by atoms with Crippen LogP contribution in [0.15, 0.2) is 48.5 Å². The van der Waals surface area contributed by atoms with Crippen LogP contribution in [0.25, 0.3) is 5.69 Å². The SMILES string of the molecule is CCNCc1nn(-c2ccc(F)cc2)c2c1CN(Cc1ccccc1F)CC2. The summed E-state index contributed by atoms with van der Waals surface area (Å²) >= 11 is 0. The minimum Gasteiger partial charge on any atom is -0.311 e. The standard InChI is InChI=1S/C22H24F2N4/c1-2-25-13-21-19-15-27(14-16-5-3-4-6-20(16)24)12-11-22(19)28(26-21)18-9-7-17(23)8-10-18/h3-10,25H,2,11-15H2,1H3. The Morgan fingerprint density at radius 2 is 1.86 bits per heavy atom. The molecule has 1 N–H and O–H groups in total. The average Bonchev–Trinajstić information content (AvgIpc) is 3.07. The third-order valence-corrected chi connectivity index (χ3v) is 5.19. The lowest BCUT2D eigenvalue weighted by Crippen LogP contribution is -2.31. The second-order valence-corrected chi connectivity index (χ2v) is 7.09. The Hall–Kier alpha value is -2.57. The van der Waals surface area contributed by atoms with Crippen LogP contribution in [0.1, 0.15) is 29.4 Å². The van der Waals surface area contributed by atoms with Crippen molar-refractivity contribution in [2.24, 2.45) is 0 Å². The largest absolute Gasteiger partial charge is 0.311 e. The van der Waals surface area contributed by atoms with Crippen LogP contribution in [0.5, 0.6) is 0 Å². The summed E-state index contributed by atoms with van der Waals surface area (Å²) in [5, 5.41) is 8.17. The highest BCUT2D eigenvalue weighted by molar-refractivity contribution is 5.39. The molecule has 146 valence electrons. The highest BCUT2D eigenvalue weighted by Gasteiger charge is 2.25. The van der Waals surface area contributed by atoms with Crippen LogP contribution in [0, 0.1) is 11.6 Å². The van der Waals surface area contributed by atoms with Crippen LogP contribution in [0.4, 0.5) is 8.78 Å². The van der Waals surface area contributed by atoms with Crippen molar-refractivity contribution in [1.29, 1.82) is 0 Å². The van der Waals surface area contributed by atoms with Gasteiger partial charge in [-0.05, 0) is 36.9 Å². The summed E-state index contributed by atoms with van der Waals surface area (Å²) in [7, 11) is 0. The van der Waals surface area contributed by atoms with Gasteiger partial charge < -0.3 is 5.32 Å². The summed E-state index contributed by atoms with van der Waals surface area (Å²) in [5.74, 6) is -0.420. The second kappa shape index (κ2) is 8.20. The molecular formula is C22H24F2N4. The van der Waals surface area contributed by atoms with Crippen molar-refractivity contribution in [3.63, 3.8) is 0 Å². The van der Waals surface area contributed by atoms with Crippen LogP contribution in [-0.4, -0.2) is 27.8 Å². The fourth-order valence-electron chi connectivity index (χ4n) is 3.73. The van der Waals surface area contributed by atoms with E-state index in [1.807, 2.05) is 16.8 Å². The molecule has 1 aliphatic heterocycles. The van der Waals surface area contributed by atoms with Gasteiger partial charge in [0.25, 0.3) is 0 Å². The fraction of sp³-hybridized carbons (Fsp3) is 0.318. The third kappa shape index (κ3) is 3.84. The highest BCUT2D eigenvalue weighted by Crippen LogP contribution is 2.27. The first-order chi connectivity index (χ1) is 13.7. The molecule has 0 aliphatic carbocycles. The summed E-state index contributed by atoms with van der Waals surface area (Å²) in [6, 6.07) is 13.4. The molecule has 1 aliphatic rings. The Morgan fingerprint density at radius 1 is 1.07 bits per heavy atom. The number of hydrogen-bond acceptors (Lipinski definition) is 3. The van der Waals surface area contributed by atoms with E-state index >= 15 is 0 Å². The molecule has 0 bridgehead atoms. The number of halogens is 2. The van der Waals surface area contributed by atoms with Gasteiger partial charge >= 0.3 is 0 Å². The van der Waals surface area contributed by atoms with Crippen molar-refractivity contribution in [3.05, 3.63) is 82.7 Å². The van der Waals surface area contributed by atoms with Crippen molar-refractivity contribution in [2.75, 3.05) is 13.1 Å². The van der Waals surface area contributed by atoms with Crippen molar-refractivity contribution in [2.45, 2.75) is 33.0 Å². The van der Waals surface area contributed by atoms with E-state index in [1.165, 1.54) is 23.8 Å². The Bertz CT molecular complexity index is 950. The topological polar surface area (TPSA) is 33.1 Å². The number of nitrogens with zero attached hydrogens (tertiary/aromatic N) is 3. The zero-order valence-corrected chi connectivity index (χ0v) is 16.0. The molecule has 0 spiro atoms. The van der Waals surface area contributed by atoms with E-state index in [-0.39, 0.29) is 11.6 Å². The Labute approximate surface area is 163 Å². The number of rotatable bonds is 6. The van der Waals surface area contributed by atoms with E-state index in [2.05, 4.69) is 17.1 Å². The summed E-state index contributed by atoms with van der Waals surface area (Å²) in [6.45, 7) is 5.74. The number of hydrogen-bond donors (Lipinski definition) is 1. The van der Waals surface area contributed by atoms with Crippen molar-refractivity contribution in [1.82, 2.24) is 20.0 Å². The lowest BCUT2D eigenvalue weighted by molar-refractivity contribution is 0.239. The first-order valence-corrected chi connectivity index (χ1v) is 9.67. The van der Waals surface area contributed by atoms with Crippen molar-refractivity contribution in [3.8, 4) is 5.69 Å². The minimum atomic E-state index is -0.256. The van der Waals surface area contributed by atoms with Gasteiger partial charge in [-0.1, -0.05) is 25.1 Å². The predicted molar refractivity (Wildman–Crippen MR) is 105 cm³/mol. The van der Waals surface area contributed by atoms with Crippen molar-refractivity contribution < 1.29 is 8.78 Å². The number of aromatic nitrogens is 2. The summed E-state index contributed by atoms with van der Waals surface area (Å²) in [6.07, 6.45) is 0.820. The molecular weight excluding hydrogens is 358 g/mol. The minimum absolute atomic E-state index is 0.164. The van der Waals surface area contributed by atoms with Gasteiger partial charge in [-0.3, -0.25) is 4.90 Å². The molecule has 2 aromatic carbocycles. The number of nitrogens with one attached hydrogen (secondary N) is 1. The summed E-state index contributed by atoms with van der Waals surface area (Å²) in [4.78, 5) is 2.26. The fourth-order valence-corrected chi connectivity index (χ4v) is 3.73. The second-order valence-electron chi connectivity index (χ2n) is 7.09. The molecule has 0 unspecified atom stereocenters. The monoisotopic (exact) mass is 382 g/mol. The molecule has 0 atom stereocenters. The highest BCUT2D eigenvalue weighted by atomic mass is 19.1. The average molecular weight is 382 g/mol. The third-order valence-electron chi connectivity index (χ3n) is 5.19. The molecule has 0 amide bonds. The maximum Gasteiger partial charge on any atom is 0.127 e. The van der Waals surface area contributed by atoms with Crippen LogP contribution >= 0.6 is 0 Å². The van der Waals surface area contributed by atoms with Gasteiger partial charge in [0.05, 0.1) is 17.1 Å². The zero-order valence-electron chi connectivity index (χ0n) is 16.0. The molecule has 6 heteroatoms. The first kappa shape index (κ1) is 18.8. The van der Waals surface area contributed by atoms with E-state index in [1.54, 1.807) is 18.2 Å². The van der Waals surface area contributed by atoms with E-state index in [0.717, 1.165) is 43.1 Å². The molecule has 3 aromatic rings. The van der Waals surface area contributed by atoms with Crippen LogP contribution < -0.4 is 5.32 Å². The van der Waals surface area contributed by atoms with Gasteiger partial charge in [-0.2, -0.15) is 5.10 Å². The first-order valence-electron chi connectivity index (χ1n) is 9.67. The quantitative estimate of drug-likeness (QED) is 0.704. The van der Waals surface area contributed by atoms with Gasteiger partial charge in [0.1, 0.15) is 11.6 Å². The Balaban J connectivity index is 1.63. The maximum absolute atomic E-state index is 14.1. The summed E-state index contributed by atoms with van der Waals surface area (Å²) < 4.78 is 29.3. The molecule has 1 aromatic heterocycles. The number of benzene rings is 2. The normalized spacial score (nSPS) is 14.2. The Morgan fingerprint density at radius 3 is 2.61 bits per heavy atom. The molecule has 0 saturated heterocycles. The molecule has 0 fully saturated rings. The van der Waals surface area contributed by atoms with Crippen molar-refractivity contribution >= 4 is 0 Å². The molecule has 28 heavy (non-hydrogen) atoms. The molecule has 4 rings (SSSR count). The lowest BCUT2D eigenvalue weighted by Gasteiger charge is -2.28. The lowest BCUT2D eigenvalue weighted by atomic mass is 10.0. The maximum atomic E-state index is 14.1. The van der Waals surface area contributed by atoms with E-state index < -0.39 is 0 Å². The zero-order chi connectivity index (χ0) is 19.5. The molecule has 2 heterocycles. The van der Waals surface area contributed by atoms with E-state index in [0.29, 0.717) is 18.7 Å². The van der Waals surface area contributed by atoms with Gasteiger partial charge in [0.15, 0.2) is 0 Å². The van der Waals surface area contributed by atoms with Gasteiger partial charge in [-0.25, -0.2) is 13.5 Å². The van der Waals surface area contributed by atoms with Crippen LogP contribution in [0.2, 0.25) is 0 Å². The van der Waals surface area contributed by atoms with E-state index in [9.17, 15) is 8.78 Å². The number of fused-ring (bicyclic) bond motifs is 1. The van der Waals surface area contributed by atoms with E-state index in [4.69, 9.17) is 5.10 Å². The van der Waals surface area contributed by atoms with Gasteiger partial charge in [0, 0.05) is 43.7 Å². The summed E-state index contributed by atoms with van der Waals surface area (Å²) in [5.41, 5.74) is 4.92. The molecule has 0 saturated carbocycles. The van der Waals surface area contributed by atoms with Crippen LogP contribution in [-0.2, 0) is 26.1 Å². The predicted octanol–water partition coefficient (Wildman–Crippen LogP) is 3.82. The molecule has 0 radical (unpaired) electrons. The van der Waals surface area contributed by atoms with Crippen LogP contribution in [0.3, 0.4) is 0 Å². The van der Waals surface area contributed by atoms with Gasteiger partial charge in [-0.15, -0.1) is 0 Å².